The Morgan fingerprint density at radius 1 is 1.00 bits per heavy atom. The van der Waals surface area contributed by atoms with E-state index < -0.39 is 6.17 Å². The molecule has 0 saturated heterocycles. The third kappa shape index (κ3) is 4.67. The van der Waals surface area contributed by atoms with Crippen molar-refractivity contribution < 1.29 is 9.59 Å². The standard InChI is InChI=1S/C25H22ClN3O2/c1-29-21-10-6-5-9-20(21)23(18-7-3-2-4-8-18)28-24(25(29)31)27-22(30)16-13-17-11-14-19(26)15-12-17/h2-12,14-15,24H,13,16H2,1H3,(H,27,30). The molecule has 0 saturated carbocycles. The first kappa shape index (κ1) is 20.8. The molecule has 1 aliphatic heterocycles. The summed E-state index contributed by atoms with van der Waals surface area (Å²) < 4.78 is 0. The molecule has 0 aliphatic carbocycles. The second kappa shape index (κ2) is 9.14. The molecule has 0 bridgehead atoms. The van der Waals surface area contributed by atoms with Crippen LogP contribution < -0.4 is 10.2 Å². The van der Waals surface area contributed by atoms with Crippen molar-refractivity contribution in [2.45, 2.75) is 19.0 Å². The van der Waals surface area contributed by atoms with Crippen molar-refractivity contribution in [3.63, 3.8) is 0 Å². The molecule has 0 radical (unpaired) electrons. The van der Waals surface area contributed by atoms with Crippen LogP contribution in [-0.4, -0.2) is 30.7 Å². The molecule has 1 aliphatic rings. The Hall–Kier alpha value is -3.44. The van der Waals surface area contributed by atoms with E-state index in [1.54, 1.807) is 24.1 Å². The van der Waals surface area contributed by atoms with Gasteiger partial charge >= 0.3 is 0 Å². The summed E-state index contributed by atoms with van der Waals surface area (Å²) in [6, 6.07) is 24.7. The lowest BCUT2D eigenvalue weighted by atomic mass is 10.0. The number of nitrogens with one attached hydrogen (secondary N) is 1. The van der Waals surface area contributed by atoms with E-state index in [1.807, 2.05) is 66.7 Å². The molecule has 0 fully saturated rings. The van der Waals surface area contributed by atoms with Crippen LogP contribution in [0.15, 0.2) is 83.9 Å². The van der Waals surface area contributed by atoms with E-state index in [4.69, 9.17) is 16.6 Å². The molecule has 4 rings (SSSR count). The zero-order chi connectivity index (χ0) is 21.8. The van der Waals surface area contributed by atoms with Gasteiger partial charge in [-0.1, -0.05) is 72.3 Å². The monoisotopic (exact) mass is 431 g/mol. The molecule has 1 heterocycles. The lowest BCUT2D eigenvalue weighted by Crippen LogP contribution is -2.46. The highest BCUT2D eigenvalue weighted by atomic mass is 35.5. The van der Waals surface area contributed by atoms with Crippen LogP contribution in [0.25, 0.3) is 0 Å². The fourth-order valence-corrected chi connectivity index (χ4v) is 3.70. The number of carbonyl (C=O) groups is 2. The van der Waals surface area contributed by atoms with E-state index in [1.165, 1.54) is 0 Å². The Morgan fingerprint density at radius 2 is 1.68 bits per heavy atom. The van der Waals surface area contributed by atoms with Crippen molar-refractivity contribution >= 4 is 34.8 Å². The van der Waals surface area contributed by atoms with Crippen LogP contribution in [0.4, 0.5) is 5.69 Å². The van der Waals surface area contributed by atoms with Gasteiger partial charge in [0.2, 0.25) is 12.1 Å². The quantitative estimate of drug-likeness (QED) is 0.657. The number of aryl methyl sites for hydroxylation is 1. The number of anilines is 1. The lowest BCUT2D eigenvalue weighted by molar-refractivity contribution is -0.127. The maximum atomic E-state index is 13.1. The molecule has 0 spiro atoms. The maximum Gasteiger partial charge on any atom is 0.272 e. The van der Waals surface area contributed by atoms with Crippen LogP contribution in [0.3, 0.4) is 0 Å². The summed E-state index contributed by atoms with van der Waals surface area (Å²) in [6.45, 7) is 0. The second-order valence-electron chi connectivity index (χ2n) is 7.35. The summed E-state index contributed by atoms with van der Waals surface area (Å²) in [6.07, 6.45) is -0.196. The van der Waals surface area contributed by atoms with Gasteiger partial charge in [-0.2, -0.15) is 0 Å². The molecular formula is C25H22ClN3O2. The van der Waals surface area contributed by atoms with Gasteiger partial charge < -0.3 is 10.2 Å². The first-order valence-electron chi connectivity index (χ1n) is 10.1. The topological polar surface area (TPSA) is 61.8 Å². The lowest BCUT2D eigenvalue weighted by Gasteiger charge is -2.20. The fraction of sp³-hybridized carbons (Fsp3) is 0.160. The molecule has 2 amide bonds. The number of benzodiazepines with no additional fused rings is 1. The highest BCUT2D eigenvalue weighted by Gasteiger charge is 2.30. The van der Waals surface area contributed by atoms with Gasteiger partial charge in [-0.05, 0) is 30.2 Å². The number of halogens is 1. The van der Waals surface area contributed by atoms with Crippen LogP contribution in [0, 0.1) is 0 Å². The third-order valence-electron chi connectivity index (χ3n) is 5.24. The van der Waals surface area contributed by atoms with Crippen molar-refractivity contribution in [2.75, 3.05) is 11.9 Å². The number of likely N-dealkylation sites (N-methyl/N-ethyl adjacent to an activating group) is 1. The number of hydrogen-bond donors (Lipinski definition) is 1. The Kier molecular flexibility index (Phi) is 6.14. The first-order chi connectivity index (χ1) is 15.0. The molecule has 1 unspecified atom stereocenters. The van der Waals surface area contributed by atoms with Crippen LogP contribution in [0.5, 0.6) is 0 Å². The average molecular weight is 432 g/mol. The number of benzene rings is 3. The number of fused-ring (bicyclic) bond motifs is 1. The largest absolute Gasteiger partial charge is 0.327 e. The SMILES string of the molecule is CN1C(=O)C(NC(=O)CCc2ccc(Cl)cc2)N=C(c2ccccc2)c2ccccc21. The Morgan fingerprint density at radius 3 is 2.42 bits per heavy atom. The highest BCUT2D eigenvalue weighted by Crippen LogP contribution is 2.27. The summed E-state index contributed by atoms with van der Waals surface area (Å²) in [5.41, 5.74) is 4.18. The van der Waals surface area contributed by atoms with Gasteiger partial charge in [-0.3, -0.25) is 9.59 Å². The van der Waals surface area contributed by atoms with Crippen LogP contribution in [0.1, 0.15) is 23.1 Å². The van der Waals surface area contributed by atoms with Crippen LogP contribution in [0.2, 0.25) is 5.02 Å². The Bertz CT molecular complexity index is 1130. The normalized spacial score (nSPS) is 15.7. The zero-order valence-electron chi connectivity index (χ0n) is 17.1. The predicted molar refractivity (Wildman–Crippen MR) is 124 cm³/mol. The van der Waals surface area contributed by atoms with Crippen LogP contribution in [-0.2, 0) is 16.0 Å². The van der Waals surface area contributed by atoms with Crippen molar-refractivity contribution in [1.29, 1.82) is 0 Å². The molecule has 0 aromatic heterocycles. The van der Waals surface area contributed by atoms with E-state index in [9.17, 15) is 9.59 Å². The summed E-state index contributed by atoms with van der Waals surface area (Å²) >= 11 is 5.91. The smallest absolute Gasteiger partial charge is 0.272 e. The molecule has 3 aromatic carbocycles. The fourth-order valence-electron chi connectivity index (χ4n) is 3.58. The molecule has 156 valence electrons. The number of amides is 2. The number of hydrogen-bond acceptors (Lipinski definition) is 3. The minimum absolute atomic E-state index is 0.233. The summed E-state index contributed by atoms with van der Waals surface area (Å²) in [4.78, 5) is 32.0. The van der Waals surface area contributed by atoms with E-state index in [0.29, 0.717) is 17.2 Å². The number of carbonyl (C=O) groups excluding carboxylic acids is 2. The van der Waals surface area contributed by atoms with Crippen molar-refractivity contribution in [3.8, 4) is 0 Å². The highest BCUT2D eigenvalue weighted by molar-refractivity contribution is 6.30. The maximum absolute atomic E-state index is 13.1. The van der Waals surface area contributed by atoms with E-state index >= 15 is 0 Å². The molecule has 1 atom stereocenters. The second-order valence-corrected chi connectivity index (χ2v) is 7.79. The van der Waals surface area contributed by atoms with Gasteiger partial charge in [0.05, 0.1) is 11.4 Å². The van der Waals surface area contributed by atoms with Crippen molar-refractivity contribution in [3.05, 3.63) is 101 Å². The Balaban J connectivity index is 1.60. The number of nitrogens with zero attached hydrogens (tertiary/aromatic N) is 2. The van der Waals surface area contributed by atoms with Gasteiger partial charge in [0.1, 0.15) is 0 Å². The van der Waals surface area contributed by atoms with Crippen LogP contribution >= 0.6 is 11.6 Å². The summed E-state index contributed by atoms with van der Waals surface area (Å²) in [5, 5.41) is 3.47. The average Bonchev–Trinajstić information content (AvgIpc) is 2.90. The van der Waals surface area contributed by atoms with Gasteiger partial charge in [-0.25, -0.2) is 4.99 Å². The molecule has 1 N–H and O–H groups in total. The number of rotatable bonds is 5. The van der Waals surface area contributed by atoms with E-state index in [0.717, 1.165) is 22.4 Å². The minimum atomic E-state index is -0.995. The number of para-hydroxylation sites is 1. The molecule has 5 nitrogen and oxygen atoms in total. The summed E-state index contributed by atoms with van der Waals surface area (Å²) in [7, 11) is 1.71. The van der Waals surface area contributed by atoms with Gasteiger partial charge in [-0.15, -0.1) is 0 Å². The third-order valence-corrected chi connectivity index (χ3v) is 5.49. The van der Waals surface area contributed by atoms with Crippen molar-refractivity contribution in [2.24, 2.45) is 4.99 Å². The predicted octanol–water partition coefficient (Wildman–Crippen LogP) is 4.23. The molecule has 31 heavy (non-hydrogen) atoms. The molecule has 6 heteroatoms. The first-order valence-corrected chi connectivity index (χ1v) is 10.4. The van der Waals surface area contributed by atoms with Gasteiger partial charge in [0.15, 0.2) is 0 Å². The van der Waals surface area contributed by atoms with Crippen molar-refractivity contribution in [1.82, 2.24) is 5.32 Å². The van der Waals surface area contributed by atoms with E-state index in [2.05, 4.69) is 5.32 Å². The van der Waals surface area contributed by atoms with Gasteiger partial charge in [0.25, 0.3) is 5.91 Å². The zero-order valence-corrected chi connectivity index (χ0v) is 17.8. The van der Waals surface area contributed by atoms with Gasteiger partial charge in [0, 0.05) is 29.6 Å². The molecular weight excluding hydrogens is 410 g/mol. The summed E-state index contributed by atoms with van der Waals surface area (Å²) in [5.74, 6) is -0.512. The molecule has 3 aromatic rings. The van der Waals surface area contributed by atoms with E-state index in [-0.39, 0.29) is 18.2 Å². The Labute approximate surface area is 186 Å². The minimum Gasteiger partial charge on any atom is -0.327 e. The number of aliphatic imine (C=N–C) groups is 1.